The number of phenolic OH excluding ortho intramolecular Hbond substituents is 1. The van der Waals surface area contributed by atoms with Crippen LogP contribution in [0.2, 0.25) is 10.0 Å². The van der Waals surface area contributed by atoms with Gasteiger partial charge >= 0.3 is 5.97 Å². The Labute approximate surface area is 153 Å². The van der Waals surface area contributed by atoms with Gasteiger partial charge in [0.05, 0.1) is 0 Å². The fraction of sp³-hybridized carbons (Fsp3) is 0.250. The molecule has 0 aliphatic carbocycles. The van der Waals surface area contributed by atoms with E-state index in [9.17, 15) is 14.3 Å². The molecule has 0 aliphatic heterocycles. The molecule has 0 aliphatic rings. The van der Waals surface area contributed by atoms with Crippen LogP contribution in [0.15, 0.2) is 18.2 Å². The number of carbonyl (C=O) groups is 1. The van der Waals surface area contributed by atoms with Crippen LogP contribution in [0.4, 0.5) is 10.2 Å². The maximum atomic E-state index is 14.0. The van der Waals surface area contributed by atoms with Crippen LogP contribution in [-0.4, -0.2) is 27.7 Å². The van der Waals surface area contributed by atoms with Crippen molar-refractivity contribution in [2.45, 2.75) is 19.8 Å². The third-order valence-electron chi connectivity index (χ3n) is 3.23. The topological polar surface area (TPSA) is 91.7 Å². The van der Waals surface area contributed by atoms with Crippen LogP contribution in [0.25, 0.3) is 0 Å². The quantitative estimate of drug-likeness (QED) is 0.624. The Bertz CT molecular complexity index is 815. The lowest BCUT2D eigenvalue weighted by molar-refractivity contribution is -0.134. The molecule has 134 valence electrons. The first-order chi connectivity index (χ1) is 11.7. The van der Waals surface area contributed by atoms with Gasteiger partial charge in [0.2, 0.25) is 5.95 Å². The summed E-state index contributed by atoms with van der Waals surface area (Å²) in [5.41, 5.74) is 0.657. The molecule has 9 heteroatoms. The first-order valence-corrected chi connectivity index (χ1v) is 7.97. The number of nitrogens with zero attached hydrogens (tertiary/aromatic N) is 1. The van der Waals surface area contributed by atoms with Gasteiger partial charge in [-0.3, -0.25) is 4.79 Å². The van der Waals surface area contributed by atoms with E-state index in [1.54, 1.807) is 0 Å². The van der Waals surface area contributed by atoms with Gasteiger partial charge in [0.15, 0.2) is 11.6 Å². The zero-order valence-electron chi connectivity index (χ0n) is 13.3. The molecular weight excluding hydrogens is 374 g/mol. The summed E-state index contributed by atoms with van der Waals surface area (Å²) in [5, 5.41) is 20.1. The number of ether oxygens (including phenoxy) is 1. The summed E-state index contributed by atoms with van der Waals surface area (Å²) in [7, 11) is 0. The van der Waals surface area contributed by atoms with Crippen molar-refractivity contribution in [1.29, 1.82) is 0 Å². The van der Waals surface area contributed by atoms with Crippen LogP contribution in [0.3, 0.4) is 0 Å². The number of aliphatic carboxylic acids is 1. The van der Waals surface area contributed by atoms with Crippen LogP contribution < -0.4 is 10.1 Å². The fourth-order valence-electron chi connectivity index (χ4n) is 2.05. The van der Waals surface area contributed by atoms with Crippen molar-refractivity contribution < 1.29 is 24.1 Å². The van der Waals surface area contributed by atoms with E-state index in [4.69, 9.17) is 33.0 Å². The van der Waals surface area contributed by atoms with Crippen LogP contribution in [-0.2, 0) is 4.79 Å². The van der Waals surface area contributed by atoms with Gasteiger partial charge in [-0.15, -0.1) is 0 Å². The van der Waals surface area contributed by atoms with Crippen molar-refractivity contribution in [2.24, 2.45) is 0 Å². The molecule has 1 heterocycles. The number of anilines is 1. The number of benzene rings is 1. The molecule has 0 fully saturated rings. The number of hydrogen-bond acceptors (Lipinski definition) is 5. The first-order valence-electron chi connectivity index (χ1n) is 7.21. The summed E-state index contributed by atoms with van der Waals surface area (Å²) in [6, 6.07) is 4.42. The molecular formula is C16H15Cl2FN2O4. The number of hydrogen-bond donors (Lipinski definition) is 3. The highest BCUT2D eigenvalue weighted by atomic mass is 35.5. The Morgan fingerprint density at radius 2 is 2.04 bits per heavy atom. The smallest absolute Gasteiger partial charge is 0.322 e. The Morgan fingerprint density at radius 3 is 2.64 bits per heavy atom. The number of nitrogens with one attached hydrogen (secondary N) is 1. The minimum atomic E-state index is -1.17. The highest BCUT2D eigenvalue weighted by Gasteiger charge is 2.21. The van der Waals surface area contributed by atoms with Crippen molar-refractivity contribution >= 4 is 35.0 Å². The molecule has 1 aromatic heterocycles. The summed E-state index contributed by atoms with van der Waals surface area (Å²) in [6.07, 6.45) is 0. The van der Waals surface area contributed by atoms with Gasteiger partial charge in [-0.1, -0.05) is 37.0 Å². The number of phenols is 1. The standard InChI is InChI=1S/C16H15Cl2FN2O4/c1-7(2)9-5-8(22)3-4-10(9)25-14-12(17)15(19)21-16(13(14)18)20-6-11(23)24/h3-5,7,22H,6H2,1-2H3,(H,20,21)(H,23,24). The van der Waals surface area contributed by atoms with Gasteiger partial charge in [-0.2, -0.15) is 9.37 Å². The van der Waals surface area contributed by atoms with Gasteiger partial charge in [-0.05, 0) is 24.1 Å². The lowest BCUT2D eigenvalue weighted by Gasteiger charge is -2.17. The molecule has 0 radical (unpaired) electrons. The Hall–Kier alpha value is -2.25. The maximum absolute atomic E-state index is 14.0. The van der Waals surface area contributed by atoms with Crippen molar-refractivity contribution in [3.05, 3.63) is 39.8 Å². The zero-order chi connectivity index (χ0) is 18.7. The van der Waals surface area contributed by atoms with Crippen LogP contribution in [0, 0.1) is 5.95 Å². The third kappa shape index (κ3) is 4.43. The molecule has 2 rings (SSSR count). The Morgan fingerprint density at radius 1 is 1.36 bits per heavy atom. The summed E-state index contributed by atoms with van der Waals surface area (Å²) >= 11 is 12.0. The summed E-state index contributed by atoms with van der Waals surface area (Å²) < 4.78 is 19.6. The SMILES string of the molecule is CC(C)c1cc(O)ccc1Oc1c(Cl)c(F)nc(NCC(=O)O)c1Cl. The highest BCUT2D eigenvalue weighted by molar-refractivity contribution is 6.38. The van der Waals surface area contributed by atoms with E-state index < -0.39 is 23.5 Å². The molecule has 2 aromatic rings. The van der Waals surface area contributed by atoms with E-state index in [1.807, 2.05) is 13.8 Å². The average Bonchev–Trinajstić information content (AvgIpc) is 2.54. The van der Waals surface area contributed by atoms with Gasteiger partial charge in [0.1, 0.15) is 28.1 Å². The van der Waals surface area contributed by atoms with Gasteiger partial charge in [-0.25, -0.2) is 0 Å². The van der Waals surface area contributed by atoms with Crippen molar-refractivity contribution in [2.75, 3.05) is 11.9 Å². The first kappa shape index (κ1) is 19.1. The zero-order valence-corrected chi connectivity index (χ0v) is 14.8. The van der Waals surface area contributed by atoms with E-state index in [0.29, 0.717) is 11.3 Å². The van der Waals surface area contributed by atoms with E-state index >= 15 is 0 Å². The lowest BCUT2D eigenvalue weighted by Crippen LogP contribution is -2.14. The molecule has 0 saturated carbocycles. The van der Waals surface area contributed by atoms with Crippen molar-refractivity contribution in [3.8, 4) is 17.2 Å². The minimum absolute atomic E-state index is 0.00376. The number of aromatic hydroxyl groups is 1. The molecule has 0 saturated heterocycles. The van der Waals surface area contributed by atoms with E-state index in [2.05, 4.69) is 10.3 Å². The summed E-state index contributed by atoms with van der Waals surface area (Å²) in [6.45, 7) is 3.26. The number of carboxylic acid groups (broad SMARTS) is 1. The number of pyridine rings is 1. The minimum Gasteiger partial charge on any atom is -0.508 e. The summed E-state index contributed by atoms with van der Waals surface area (Å²) in [4.78, 5) is 14.1. The van der Waals surface area contributed by atoms with E-state index in [-0.39, 0.29) is 28.3 Å². The molecule has 0 spiro atoms. The monoisotopic (exact) mass is 388 g/mol. The van der Waals surface area contributed by atoms with E-state index in [1.165, 1.54) is 18.2 Å². The molecule has 25 heavy (non-hydrogen) atoms. The molecule has 1 aromatic carbocycles. The van der Waals surface area contributed by atoms with Crippen molar-refractivity contribution in [3.63, 3.8) is 0 Å². The van der Waals surface area contributed by atoms with Gasteiger partial charge in [0.25, 0.3) is 0 Å². The highest BCUT2D eigenvalue weighted by Crippen LogP contribution is 2.43. The predicted octanol–water partition coefficient (Wildman–Crippen LogP) is 4.65. The predicted molar refractivity (Wildman–Crippen MR) is 92.6 cm³/mol. The van der Waals surface area contributed by atoms with Gasteiger partial charge < -0.3 is 20.3 Å². The second-order valence-corrected chi connectivity index (χ2v) is 6.19. The largest absolute Gasteiger partial charge is 0.508 e. The van der Waals surface area contributed by atoms with E-state index in [0.717, 1.165) is 0 Å². The second kappa shape index (κ2) is 7.76. The number of halogens is 3. The number of aromatic nitrogens is 1. The molecule has 0 unspecified atom stereocenters. The normalized spacial score (nSPS) is 10.8. The second-order valence-electron chi connectivity index (χ2n) is 5.43. The maximum Gasteiger partial charge on any atom is 0.322 e. The third-order valence-corrected chi connectivity index (χ3v) is 3.91. The summed E-state index contributed by atoms with van der Waals surface area (Å²) in [5.74, 6) is -2.25. The van der Waals surface area contributed by atoms with Crippen LogP contribution >= 0.6 is 23.2 Å². The molecule has 3 N–H and O–H groups in total. The lowest BCUT2D eigenvalue weighted by atomic mass is 10.0. The molecule has 6 nitrogen and oxygen atoms in total. The van der Waals surface area contributed by atoms with Crippen molar-refractivity contribution in [1.82, 2.24) is 4.98 Å². The molecule has 0 amide bonds. The fourth-order valence-corrected chi connectivity index (χ4v) is 2.52. The Balaban J connectivity index is 2.47. The van der Waals surface area contributed by atoms with Gasteiger partial charge in [0, 0.05) is 5.56 Å². The number of carboxylic acids is 1. The Kier molecular flexibility index (Phi) is 5.92. The molecule has 0 bridgehead atoms. The van der Waals surface area contributed by atoms with Crippen LogP contribution in [0.5, 0.6) is 17.2 Å². The number of rotatable bonds is 6. The average molecular weight is 389 g/mol. The molecule has 0 atom stereocenters. The van der Waals surface area contributed by atoms with Crippen LogP contribution in [0.1, 0.15) is 25.3 Å².